The Balaban J connectivity index is 1.07. The molecule has 8 fully saturated rings. The van der Waals surface area contributed by atoms with Crippen LogP contribution in [0.4, 0.5) is 0 Å². The van der Waals surface area contributed by atoms with Gasteiger partial charge in [0.05, 0.1) is 37.9 Å². The molecule has 26 atom stereocenters. The van der Waals surface area contributed by atoms with Gasteiger partial charge in [0.15, 0.2) is 18.9 Å². The van der Waals surface area contributed by atoms with Gasteiger partial charge >= 0.3 is 5.97 Å². The number of aliphatic hydroxyl groups is 14. The molecule has 4 aliphatic heterocycles. The lowest BCUT2D eigenvalue weighted by atomic mass is 9.42. The average Bonchev–Trinajstić information content (AvgIpc) is 3.54. The second-order valence-electron chi connectivity index (χ2n) is 21.2. The van der Waals surface area contributed by atoms with Gasteiger partial charge in [-0.15, -0.1) is 0 Å². The molecule has 4 aliphatic carbocycles. The first-order valence-corrected chi connectivity index (χ1v) is 23.9. The molecule has 0 aromatic rings. The van der Waals surface area contributed by atoms with Gasteiger partial charge in [-0.2, -0.15) is 0 Å². The van der Waals surface area contributed by atoms with Crippen molar-refractivity contribution in [3.8, 4) is 0 Å². The molecule has 8 rings (SSSR count). The fourth-order valence-electron chi connectivity index (χ4n) is 13.6. The predicted octanol–water partition coefficient (Wildman–Crippen LogP) is -4.87. The second-order valence-corrected chi connectivity index (χ2v) is 21.2. The summed E-state index contributed by atoms with van der Waals surface area (Å²) in [5.74, 6) is -3.83. The molecular formula is C45H72O23. The van der Waals surface area contributed by atoms with Crippen LogP contribution in [-0.2, 0) is 42.7 Å². The molecule has 0 aromatic heterocycles. The molecule has 0 amide bonds. The zero-order chi connectivity index (χ0) is 49.4. The standard InChI is InChI=1S/C45H72O23/c1-18-11-44-10-7-25-42(2,8-4-9-43(25,3)41(59)68-45(60)17-61-21(13-46)30(53)37(45)58)26(44)6-5-20(19(18)12-44)62-40-36(67-39-34(57)32(55)28(51)23(15-48)64-39)35(29(52)24(16-49)65-40)66-38-33(56)31(54)27(50)22(14-47)63-38/h19-40,46-58,60H,1,4-17H2,2-3H3/t19-,20+,21?,22?,23?,24?,25+,26+,27-,28-,29-,30-,31?,32?,33?,34?,35?,36?,37?,38+,39+,40-,42-,43-,44-,45-/m1/s1. The van der Waals surface area contributed by atoms with Crippen LogP contribution in [0.1, 0.15) is 71.6 Å². The smallest absolute Gasteiger partial charge is 0.314 e. The van der Waals surface area contributed by atoms with Crippen molar-refractivity contribution in [2.75, 3.05) is 33.0 Å². The summed E-state index contributed by atoms with van der Waals surface area (Å²) in [5.41, 5.74) is -0.975. The Morgan fingerprint density at radius 2 is 1.19 bits per heavy atom. The number of rotatable bonds is 12. The number of hydrogen-bond donors (Lipinski definition) is 14. The summed E-state index contributed by atoms with van der Waals surface area (Å²) in [6.45, 7) is 4.79. The van der Waals surface area contributed by atoms with E-state index in [4.69, 9.17) is 37.9 Å². The minimum absolute atomic E-state index is 0.00179. The van der Waals surface area contributed by atoms with Crippen LogP contribution in [0.3, 0.4) is 0 Å². The second kappa shape index (κ2) is 20.0. The van der Waals surface area contributed by atoms with Gasteiger partial charge in [0.25, 0.3) is 5.79 Å². The van der Waals surface area contributed by atoms with E-state index in [1.165, 1.54) is 0 Å². The molecule has 23 heteroatoms. The van der Waals surface area contributed by atoms with Crippen molar-refractivity contribution in [2.24, 2.45) is 34.0 Å². The van der Waals surface area contributed by atoms with Crippen LogP contribution in [0.15, 0.2) is 12.2 Å². The van der Waals surface area contributed by atoms with Crippen LogP contribution in [0.25, 0.3) is 0 Å². The molecule has 4 saturated heterocycles. The van der Waals surface area contributed by atoms with E-state index in [2.05, 4.69) is 13.5 Å². The number of aliphatic hydroxyl groups excluding tert-OH is 13. The maximum atomic E-state index is 14.4. The summed E-state index contributed by atoms with van der Waals surface area (Å²) < 4.78 is 47.8. The van der Waals surface area contributed by atoms with Crippen molar-refractivity contribution in [1.29, 1.82) is 0 Å². The minimum atomic E-state index is -2.56. The minimum Gasteiger partial charge on any atom is -0.427 e. The highest BCUT2D eigenvalue weighted by Crippen LogP contribution is 2.71. The van der Waals surface area contributed by atoms with Crippen LogP contribution < -0.4 is 0 Å². The van der Waals surface area contributed by atoms with Crippen molar-refractivity contribution in [3.05, 3.63) is 12.2 Å². The summed E-state index contributed by atoms with van der Waals surface area (Å²) in [6, 6.07) is 0. The molecule has 0 radical (unpaired) electrons. The molecule has 2 bridgehead atoms. The molecule has 23 nitrogen and oxygen atoms in total. The summed E-state index contributed by atoms with van der Waals surface area (Å²) in [6.07, 6.45) is -26.2. The van der Waals surface area contributed by atoms with E-state index in [0.717, 1.165) is 12.0 Å². The van der Waals surface area contributed by atoms with Gasteiger partial charge in [0, 0.05) is 5.92 Å². The van der Waals surface area contributed by atoms with Gasteiger partial charge in [-0.05, 0) is 81.0 Å². The van der Waals surface area contributed by atoms with E-state index in [0.29, 0.717) is 51.4 Å². The fourth-order valence-corrected chi connectivity index (χ4v) is 13.6. The highest BCUT2D eigenvalue weighted by atomic mass is 16.8. The van der Waals surface area contributed by atoms with E-state index < -0.39 is 172 Å². The van der Waals surface area contributed by atoms with E-state index in [1.807, 2.05) is 6.92 Å². The monoisotopic (exact) mass is 980 g/mol. The highest BCUT2D eigenvalue weighted by Gasteiger charge is 2.67. The predicted molar refractivity (Wildman–Crippen MR) is 224 cm³/mol. The Kier molecular flexibility index (Phi) is 15.5. The van der Waals surface area contributed by atoms with Gasteiger partial charge in [-0.25, -0.2) is 0 Å². The SMILES string of the molecule is C=C1C[C@@]23CC[C@H]4[C@@](C)(CCC[C@@]4(C)C(=O)O[C@]4(O)COC(CO)[C@@H](O)C4O)[C@@H]2CC[C@H](O[C@@H]2OC(CO)[C@@H](O)C(O[C@@H]4OC(CO)[C@@H](O)C(O)C4O)C2O[C@@H]2OC(CO)[C@@H](O)C(O)C2O)[C@@H]1C3. The molecule has 4 saturated carbocycles. The van der Waals surface area contributed by atoms with Crippen LogP contribution in [0, 0.1) is 34.0 Å². The maximum Gasteiger partial charge on any atom is 0.314 e. The first-order valence-electron chi connectivity index (χ1n) is 23.9. The van der Waals surface area contributed by atoms with Gasteiger partial charge in [-0.3, -0.25) is 4.79 Å². The molecule has 0 aromatic carbocycles. The van der Waals surface area contributed by atoms with Crippen molar-refractivity contribution >= 4 is 5.97 Å². The van der Waals surface area contributed by atoms with Crippen molar-refractivity contribution in [1.82, 2.24) is 0 Å². The fraction of sp³-hybridized carbons (Fsp3) is 0.933. The Bertz CT molecular complexity index is 1780. The zero-order valence-corrected chi connectivity index (χ0v) is 38.2. The molecular weight excluding hydrogens is 908 g/mol. The molecule has 4 heterocycles. The van der Waals surface area contributed by atoms with Crippen molar-refractivity contribution in [2.45, 2.75) is 194 Å². The van der Waals surface area contributed by atoms with E-state index in [-0.39, 0.29) is 23.2 Å². The molecule has 68 heavy (non-hydrogen) atoms. The summed E-state index contributed by atoms with van der Waals surface area (Å²) in [5, 5.41) is 149. The third kappa shape index (κ3) is 8.91. The Hall–Kier alpha value is -1.63. The van der Waals surface area contributed by atoms with Gasteiger partial charge < -0.3 is 109 Å². The number of carbonyl (C=O) groups is 1. The van der Waals surface area contributed by atoms with Crippen molar-refractivity contribution in [3.63, 3.8) is 0 Å². The molecule has 8 aliphatic rings. The van der Waals surface area contributed by atoms with Crippen LogP contribution in [0.2, 0.25) is 0 Å². The lowest BCUT2D eigenvalue weighted by Crippen LogP contribution is -2.67. The number of fused-ring (bicyclic) bond motifs is 3. The summed E-state index contributed by atoms with van der Waals surface area (Å²) in [4.78, 5) is 14.4. The number of hydrogen-bond acceptors (Lipinski definition) is 23. The summed E-state index contributed by atoms with van der Waals surface area (Å²) >= 11 is 0. The third-order valence-corrected chi connectivity index (χ3v) is 17.3. The zero-order valence-electron chi connectivity index (χ0n) is 38.2. The maximum absolute atomic E-state index is 14.4. The number of carbonyl (C=O) groups excluding carboxylic acids is 1. The van der Waals surface area contributed by atoms with E-state index in [9.17, 15) is 76.3 Å². The normalized spacial score (nSPS) is 54.1. The van der Waals surface area contributed by atoms with Gasteiger partial charge in [0.2, 0.25) is 0 Å². The lowest BCUT2D eigenvalue weighted by Gasteiger charge is -2.62. The lowest BCUT2D eigenvalue weighted by molar-refractivity contribution is -0.396. The first-order chi connectivity index (χ1) is 32.1. The van der Waals surface area contributed by atoms with E-state index >= 15 is 0 Å². The topological polar surface area (TPSA) is 374 Å². The molecule has 14 N–H and O–H groups in total. The number of ether oxygens (including phenoxy) is 8. The largest absolute Gasteiger partial charge is 0.427 e. The van der Waals surface area contributed by atoms with Crippen molar-refractivity contribution < 1.29 is 114 Å². The number of esters is 1. The summed E-state index contributed by atoms with van der Waals surface area (Å²) in [7, 11) is 0. The third-order valence-electron chi connectivity index (χ3n) is 17.3. The Morgan fingerprint density at radius 1 is 0.632 bits per heavy atom. The highest BCUT2D eigenvalue weighted by molar-refractivity contribution is 5.77. The van der Waals surface area contributed by atoms with Crippen LogP contribution in [0.5, 0.6) is 0 Å². The van der Waals surface area contributed by atoms with Crippen LogP contribution >= 0.6 is 0 Å². The van der Waals surface area contributed by atoms with E-state index in [1.54, 1.807) is 0 Å². The average molecular weight is 981 g/mol. The first kappa shape index (κ1) is 52.7. The molecule has 390 valence electrons. The molecule has 11 unspecified atom stereocenters. The van der Waals surface area contributed by atoms with Crippen LogP contribution in [-0.4, -0.2) is 233 Å². The molecule has 1 spiro atoms. The quantitative estimate of drug-likeness (QED) is 0.0495. The van der Waals surface area contributed by atoms with Gasteiger partial charge in [0.1, 0.15) is 98.2 Å². The van der Waals surface area contributed by atoms with Gasteiger partial charge in [-0.1, -0.05) is 25.5 Å². The Labute approximate surface area is 392 Å². The Morgan fingerprint density at radius 3 is 1.78 bits per heavy atom.